The number of benzene rings is 1. The monoisotopic (exact) mass is 628 g/mol. The third-order valence-corrected chi connectivity index (χ3v) is 7.48. The number of aromatic nitrogens is 6. The van der Waals surface area contributed by atoms with Gasteiger partial charge in [-0.25, -0.2) is 24.7 Å². The van der Waals surface area contributed by atoms with E-state index in [0.29, 0.717) is 23.0 Å². The maximum Gasteiger partial charge on any atom is 0.337 e. The molecule has 1 saturated heterocycles. The summed E-state index contributed by atoms with van der Waals surface area (Å²) < 4.78 is 9.09. The normalized spacial score (nSPS) is 13.5. The molecule has 5 aromatic rings. The standard InChI is InChI=1S/C23H26ClN5O2.C9H7N3O2/c1-2-31-21-13-17(3-5-20(21)24)15-28-10-7-19(8-11-28)27-23(30)18-4-6-22(26-14-18)29-12-9-25-16-29;13-9(14)7-1-2-8(11-5-7)12-4-3-10-6-12/h3-6,9,12-14,16,19H,2,7-8,10-11,15H2,1H3,(H,27,30);1-6H,(H,13,14). The fourth-order valence-electron chi connectivity index (χ4n) is 4.80. The van der Waals surface area contributed by atoms with E-state index in [2.05, 4.69) is 30.2 Å². The molecule has 45 heavy (non-hydrogen) atoms. The number of hydrogen-bond donors (Lipinski definition) is 2. The summed E-state index contributed by atoms with van der Waals surface area (Å²) in [6.45, 7) is 5.24. The lowest BCUT2D eigenvalue weighted by molar-refractivity contribution is 0.0696. The van der Waals surface area contributed by atoms with E-state index >= 15 is 0 Å². The second-order valence-electron chi connectivity index (χ2n) is 10.3. The number of nitrogens with one attached hydrogen (secondary N) is 1. The Morgan fingerprint density at radius 1 is 0.933 bits per heavy atom. The van der Waals surface area contributed by atoms with Crippen molar-refractivity contribution in [3.05, 3.63) is 114 Å². The van der Waals surface area contributed by atoms with Crippen LogP contribution in [0.15, 0.2) is 92.3 Å². The Kier molecular flexibility index (Phi) is 10.5. The van der Waals surface area contributed by atoms with Crippen LogP contribution in [0, 0.1) is 0 Å². The third kappa shape index (κ3) is 8.52. The summed E-state index contributed by atoms with van der Waals surface area (Å²) in [4.78, 5) is 41.7. The highest BCUT2D eigenvalue weighted by Gasteiger charge is 2.22. The topological polar surface area (TPSA) is 140 Å². The number of imidazole rings is 2. The molecule has 0 bridgehead atoms. The molecule has 12 nitrogen and oxygen atoms in total. The molecule has 0 unspecified atom stereocenters. The average molecular weight is 629 g/mol. The number of piperidine rings is 1. The van der Waals surface area contributed by atoms with E-state index in [1.54, 1.807) is 58.7 Å². The molecule has 5 heterocycles. The molecule has 4 aromatic heterocycles. The molecule has 0 spiro atoms. The molecule has 1 aromatic carbocycles. The smallest absolute Gasteiger partial charge is 0.337 e. The minimum Gasteiger partial charge on any atom is -0.492 e. The Labute approximate surface area is 265 Å². The highest BCUT2D eigenvalue weighted by atomic mass is 35.5. The number of pyridine rings is 2. The fourth-order valence-corrected chi connectivity index (χ4v) is 4.97. The summed E-state index contributed by atoms with van der Waals surface area (Å²) in [6, 6.07) is 12.9. The number of hydrogen-bond acceptors (Lipinski definition) is 8. The summed E-state index contributed by atoms with van der Waals surface area (Å²) in [5, 5.41) is 12.4. The number of carboxylic acid groups (broad SMARTS) is 1. The van der Waals surface area contributed by atoms with Gasteiger partial charge in [0.05, 0.1) is 22.8 Å². The molecule has 2 N–H and O–H groups in total. The molecule has 6 rings (SSSR count). The van der Waals surface area contributed by atoms with Gasteiger partial charge in [-0.3, -0.25) is 18.8 Å². The first-order valence-corrected chi connectivity index (χ1v) is 14.8. The Hall–Kier alpha value is -5.07. The molecule has 1 aliphatic heterocycles. The van der Waals surface area contributed by atoms with Crippen LogP contribution in [0.5, 0.6) is 5.75 Å². The Balaban J connectivity index is 0.000000238. The summed E-state index contributed by atoms with van der Waals surface area (Å²) in [5.41, 5.74) is 1.92. The van der Waals surface area contributed by atoms with Gasteiger partial charge in [0.1, 0.15) is 30.0 Å². The number of likely N-dealkylation sites (tertiary alicyclic amines) is 1. The van der Waals surface area contributed by atoms with Crippen molar-refractivity contribution in [2.24, 2.45) is 0 Å². The van der Waals surface area contributed by atoms with Crippen molar-refractivity contribution >= 4 is 23.5 Å². The van der Waals surface area contributed by atoms with Crippen molar-refractivity contribution in [2.75, 3.05) is 19.7 Å². The fraction of sp³-hybridized carbons (Fsp3) is 0.250. The molecule has 232 valence electrons. The predicted molar refractivity (Wildman–Crippen MR) is 168 cm³/mol. The minimum atomic E-state index is -0.977. The maximum absolute atomic E-state index is 12.6. The SMILES string of the molecule is CCOc1cc(CN2CCC(NC(=O)c3ccc(-n4ccnc4)nc3)CC2)ccc1Cl.O=C(O)c1ccc(-n2ccnc2)nc1. The summed E-state index contributed by atoms with van der Waals surface area (Å²) in [6.07, 6.45) is 14.9. The highest BCUT2D eigenvalue weighted by Crippen LogP contribution is 2.26. The third-order valence-electron chi connectivity index (χ3n) is 7.17. The molecule has 1 aliphatic rings. The average Bonchev–Trinajstić information content (AvgIpc) is 3.80. The molecule has 13 heteroatoms. The Bertz CT molecular complexity index is 1670. The van der Waals surface area contributed by atoms with Crippen LogP contribution in [-0.4, -0.2) is 76.7 Å². The van der Waals surface area contributed by atoms with Crippen LogP contribution in [0.2, 0.25) is 5.02 Å². The molecule has 1 fully saturated rings. The zero-order chi connectivity index (χ0) is 31.6. The Morgan fingerprint density at radius 3 is 2.07 bits per heavy atom. The number of ether oxygens (including phenoxy) is 1. The van der Waals surface area contributed by atoms with Gasteiger partial charge in [0.2, 0.25) is 0 Å². The number of halogens is 1. The van der Waals surface area contributed by atoms with Gasteiger partial charge < -0.3 is 15.2 Å². The number of aromatic carboxylic acids is 1. The van der Waals surface area contributed by atoms with Gasteiger partial charge in [-0.1, -0.05) is 17.7 Å². The molecule has 0 radical (unpaired) electrons. The van der Waals surface area contributed by atoms with E-state index in [4.69, 9.17) is 21.4 Å². The second kappa shape index (κ2) is 15.1. The number of rotatable bonds is 9. The van der Waals surface area contributed by atoms with E-state index in [1.165, 1.54) is 17.8 Å². The van der Waals surface area contributed by atoms with Gasteiger partial charge in [-0.15, -0.1) is 0 Å². The van der Waals surface area contributed by atoms with Crippen LogP contribution in [0.3, 0.4) is 0 Å². The van der Waals surface area contributed by atoms with Crippen molar-refractivity contribution in [3.8, 4) is 17.4 Å². The van der Waals surface area contributed by atoms with Crippen molar-refractivity contribution in [1.29, 1.82) is 0 Å². The van der Waals surface area contributed by atoms with Gasteiger partial charge >= 0.3 is 5.97 Å². The van der Waals surface area contributed by atoms with Crippen LogP contribution in [0.1, 0.15) is 46.0 Å². The van der Waals surface area contributed by atoms with Crippen LogP contribution in [0.4, 0.5) is 0 Å². The zero-order valence-corrected chi connectivity index (χ0v) is 25.4. The second-order valence-corrected chi connectivity index (χ2v) is 10.7. The van der Waals surface area contributed by atoms with Crippen LogP contribution < -0.4 is 10.1 Å². The minimum absolute atomic E-state index is 0.0813. The number of carbonyl (C=O) groups is 2. The van der Waals surface area contributed by atoms with Gasteiger partial charge in [-0.2, -0.15) is 0 Å². The van der Waals surface area contributed by atoms with Gasteiger partial charge in [-0.05, 0) is 61.7 Å². The lowest BCUT2D eigenvalue weighted by Gasteiger charge is -2.32. The molecule has 0 aliphatic carbocycles. The molecular formula is C32H33ClN8O4. The van der Waals surface area contributed by atoms with E-state index in [1.807, 2.05) is 37.4 Å². The van der Waals surface area contributed by atoms with Crippen molar-refractivity contribution in [2.45, 2.75) is 32.4 Å². The lowest BCUT2D eigenvalue weighted by atomic mass is 10.0. The lowest BCUT2D eigenvalue weighted by Crippen LogP contribution is -2.44. The van der Waals surface area contributed by atoms with Crippen molar-refractivity contribution < 1.29 is 19.4 Å². The molecule has 0 saturated carbocycles. The molecule has 1 amide bonds. The van der Waals surface area contributed by atoms with Crippen molar-refractivity contribution in [3.63, 3.8) is 0 Å². The number of amides is 1. The Morgan fingerprint density at radius 2 is 1.56 bits per heavy atom. The molecule has 0 atom stereocenters. The largest absolute Gasteiger partial charge is 0.492 e. The van der Waals surface area contributed by atoms with Gasteiger partial charge in [0.25, 0.3) is 5.91 Å². The van der Waals surface area contributed by atoms with Gasteiger partial charge in [0.15, 0.2) is 0 Å². The van der Waals surface area contributed by atoms with E-state index in [-0.39, 0.29) is 17.5 Å². The predicted octanol–water partition coefficient (Wildman–Crippen LogP) is 4.68. The first-order valence-electron chi connectivity index (χ1n) is 14.5. The number of carboxylic acids is 1. The van der Waals surface area contributed by atoms with Crippen molar-refractivity contribution in [1.82, 2.24) is 39.3 Å². The number of nitrogens with zero attached hydrogens (tertiary/aromatic N) is 7. The summed E-state index contributed by atoms with van der Waals surface area (Å²) in [7, 11) is 0. The first kappa shape index (κ1) is 31.4. The maximum atomic E-state index is 12.6. The summed E-state index contributed by atoms with van der Waals surface area (Å²) in [5.74, 6) is 1.05. The van der Waals surface area contributed by atoms with Gasteiger partial charge in [0, 0.05) is 62.9 Å². The first-order chi connectivity index (χ1) is 21.9. The highest BCUT2D eigenvalue weighted by molar-refractivity contribution is 6.32. The van der Waals surface area contributed by atoms with Crippen LogP contribution in [-0.2, 0) is 6.54 Å². The quantitative estimate of drug-likeness (QED) is 0.238. The van der Waals surface area contributed by atoms with E-state index < -0.39 is 5.97 Å². The van der Waals surface area contributed by atoms with Crippen LogP contribution >= 0.6 is 11.6 Å². The molecular weight excluding hydrogens is 596 g/mol. The zero-order valence-electron chi connectivity index (χ0n) is 24.7. The summed E-state index contributed by atoms with van der Waals surface area (Å²) >= 11 is 6.18. The van der Waals surface area contributed by atoms with E-state index in [0.717, 1.165) is 44.0 Å². The number of carbonyl (C=O) groups excluding carboxylic acids is 1. The van der Waals surface area contributed by atoms with Crippen LogP contribution in [0.25, 0.3) is 11.6 Å². The van der Waals surface area contributed by atoms with E-state index in [9.17, 15) is 9.59 Å².